The molecule has 17 heavy (non-hydrogen) atoms. The Labute approximate surface area is 109 Å². The minimum absolute atomic E-state index is 1.07. The zero-order valence-corrected chi connectivity index (χ0v) is 10.9. The van der Waals surface area contributed by atoms with E-state index in [9.17, 15) is 0 Å². The van der Waals surface area contributed by atoms with Gasteiger partial charge in [-0.1, -0.05) is 30.3 Å². The molecular weight excluding hydrogens is 274 g/mol. The summed E-state index contributed by atoms with van der Waals surface area (Å²) in [5.41, 5.74) is 5.11. The number of fused-ring (bicyclic) bond motifs is 1. The number of pyridine rings is 1. The second-order valence-corrected chi connectivity index (χ2v) is 5.16. The van der Waals surface area contributed by atoms with Crippen molar-refractivity contribution >= 4 is 27.6 Å². The summed E-state index contributed by atoms with van der Waals surface area (Å²) in [4.78, 5) is 4.52. The van der Waals surface area contributed by atoms with Gasteiger partial charge in [-0.15, -0.1) is 0 Å². The second-order valence-electron chi connectivity index (χ2n) is 4.24. The SMILES string of the molecule is Brc1cnc2c(c1)CCC2=Cc1ccccc1. The van der Waals surface area contributed by atoms with E-state index < -0.39 is 0 Å². The fourth-order valence-corrected chi connectivity index (χ4v) is 2.62. The summed E-state index contributed by atoms with van der Waals surface area (Å²) in [5, 5.41) is 0. The van der Waals surface area contributed by atoms with Crippen molar-refractivity contribution in [2.75, 3.05) is 0 Å². The van der Waals surface area contributed by atoms with Gasteiger partial charge in [0.25, 0.3) is 0 Å². The van der Waals surface area contributed by atoms with Crippen LogP contribution < -0.4 is 0 Å². The molecule has 2 heteroatoms. The van der Waals surface area contributed by atoms with E-state index in [0.717, 1.165) is 23.0 Å². The molecule has 0 unspecified atom stereocenters. The molecule has 0 saturated carbocycles. The Kier molecular flexibility index (Phi) is 2.81. The Morgan fingerprint density at radius 1 is 1.12 bits per heavy atom. The van der Waals surface area contributed by atoms with Crippen LogP contribution in [0.1, 0.15) is 23.2 Å². The number of halogens is 1. The van der Waals surface area contributed by atoms with Crippen LogP contribution in [0.4, 0.5) is 0 Å². The van der Waals surface area contributed by atoms with Crippen molar-refractivity contribution in [3.8, 4) is 0 Å². The highest BCUT2D eigenvalue weighted by molar-refractivity contribution is 9.10. The maximum absolute atomic E-state index is 4.52. The zero-order valence-electron chi connectivity index (χ0n) is 9.36. The topological polar surface area (TPSA) is 12.9 Å². The lowest BCUT2D eigenvalue weighted by molar-refractivity contribution is 1.08. The largest absolute Gasteiger partial charge is 0.255 e. The molecule has 1 aromatic heterocycles. The monoisotopic (exact) mass is 285 g/mol. The van der Waals surface area contributed by atoms with Gasteiger partial charge in [0.05, 0.1) is 5.69 Å². The number of hydrogen-bond donors (Lipinski definition) is 0. The third kappa shape index (κ3) is 2.18. The molecule has 84 valence electrons. The van der Waals surface area contributed by atoms with Gasteiger partial charge in [0.1, 0.15) is 0 Å². The Morgan fingerprint density at radius 2 is 1.94 bits per heavy atom. The fraction of sp³-hybridized carbons (Fsp3) is 0.133. The van der Waals surface area contributed by atoms with Gasteiger partial charge in [-0.05, 0) is 57.6 Å². The number of aromatic nitrogens is 1. The Morgan fingerprint density at radius 3 is 2.76 bits per heavy atom. The molecule has 0 saturated heterocycles. The van der Waals surface area contributed by atoms with Crippen LogP contribution in [0, 0.1) is 0 Å². The van der Waals surface area contributed by atoms with Gasteiger partial charge >= 0.3 is 0 Å². The van der Waals surface area contributed by atoms with Crippen molar-refractivity contribution in [2.24, 2.45) is 0 Å². The number of aryl methyl sites for hydroxylation is 1. The Balaban J connectivity index is 2.02. The summed E-state index contributed by atoms with van der Waals surface area (Å²) in [7, 11) is 0. The first-order valence-electron chi connectivity index (χ1n) is 5.73. The normalized spacial score (nSPS) is 16.2. The summed E-state index contributed by atoms with van der Waals surface area (Å²) >= 11 is 3.47. The molecule has 0 spiro atoms. The fourth-order valence-electron chi connectivity index (χ4n) is 2.24. The van der Waals surface area contributed by atoms with Crippen LogP contribution in [0.5, 0.6) is 0 Å². The van der Waals surface area contributed by atoms with Gasteiger partial charge in [0.15, 0.2) is 0 Å². The van der Waals surface area contributed by atoms with Crippen molar-refractivity contribution < 1.29 is 0 Å². The van der Waals surface area contributed by atoms with Gasteiger partial charge in [-0.3, -0.25) is 4.98 Å². The van der Waals surface area contributed by atoms with E-state index in [1.165, 1.54) is 16.7 Å². The lowest BCUT2D eigenvalue weighted by Crippen LogP contribution is -1.86. The van der Waals surface area contributed by atoms with Crippen LogP contribution in [0.2, 0.25) is 0 Å². The molecule has 0 aliphatic heterocycles. The third-order valence-electron chi connectivity index (χ3n) is 3.04. The first-order valence-corrected chi connectivity index (χ1v) is 6.52. The van der Waals surface area contributed by atoms with Crippen molar-refractivity contribution in [1.29, 1.82) is 0 Å². The molecule has 1 aromatic carbocycles. The standard InChI is InChI=1S/C15H12BrN/c16-14-9-13-7-6-12(15(13)17-10-14)8-11-4-2-1-3-5-11/h1-5,8-10H,6-7H2. The van der Waals surface area contributed by atoms with Crippen molar-refractivity contribution in [1.82, 2.24) is 4.98 Å². The highest BCUT2D eigenvalue weighted by Crippen LogP contribution is 2.33. The van der Waals surface area contributed by atoms with Gasteiger partial charge in [0, 0.05) is 10.7 Å². The lowest BCUT2D eigenvalue weighted by atomic mass is 10.1. The number of benzene rings is 1. The van der Waals surface area contributed by atoms with Gasteiger partial charge in [0.2, 0.25) is 0 Å². The van der Waals surface area contributed by atoms with E-state index in [1.807, 2.05) is 12.3 Å². The summed E-state index contributed by atoms with van der Waals surface area (Å²) in [6.07, 6.45) is 6.31. The molecule has 2 aromatic rings. The molecule has 1 heterocycles. The van der Waals surface area contributed by atoms with Crippen LogP contribution in [0.15, 0.2) is 47.1 Å². The Bertz CT molecular complexity index is 573. The average Bonchev–Trinajstić information content (AvgIpc) is 2.73. The smallest absolute Gasteiger partial charge is 0.0694 e. The number of rotatable bonds is 1. The predicted octanol–water partition coefficient (Wildman–Crippen LogP) is 4.33. The van der Waals surface area contributed by atoms with Crippen molar-refractivity contribution in [3.63, 3.8) is 0 Å². The van der Waals surface area contributed by atoms with Gasteiger partial charge < -0.3 is 0 Å². The van der Waals surface area contributed by atoms with Crippen LogP contribution in [-0.4, -0.2) is 4.98 Å². The zero-order chi connectivity index (χ0) is 11.7. The van der Waals surface area contributed by atoms with Crippen molar-refractivity contribution in [2.45, 2.75) is 12.8 Å². The van der Waals surface area contributed by atoms with Crippen LogP contribution in [0.25, 0.3) is 11.6 Å². The molecule has 0 atom stereocenters. The highest BCUT2D eigenvalue weighted by atomic mass is 79.9. The molecule has 0 N–H and O–H groups in total. The summed E-state index contributed by atoms with van der Waals surface area (Å²) in [6, 6.07) is 12.6. The van der Waals surface area contributed by atoms with E-state index in [0.29, 0.717) is 0 Å². The van der Waals surface area contributed by atoms with E-state index in [-0.39, 0.29) is 0 Å². The number of allylic oxidation sites excluding steroid dienone is 1. The van der Waals surface area contributed by atoms with E-state index >= 15 is 0 Å². The number of nitrogens with zero attached hydrogens (tertiary/aromatic N) is 1. The number of hydrogen-bond acceptors (Lipinski definition) is 1. The summed E-state index contributed by atoms with van der Waals surface area (Å²) in [5.74, 6) is 0. The minimum Gasteiger partial charge on any atom is -0.255 e. The van der Waals surface area contributed by atoms with Crippen molar-refractivity contribution in [3.05, 3.63) is 63.9 Å². The Hall–Kier alpha value is -1.41. The molecule has 0 fully saturated rings. The molecule has 0 amide bonds. The first kappa shape index (κ1) is 10.7. The van der Waals surface area contributed by atoms with Gasteiger partial charge in [-0.25, -0.2) is 0 Å². The predicted molar refractivity (Wildman–Crippen MR) is 74.6 cm³/mol. The van der Waals surface area contributed by atoms with Crippen LogP contribution >= 0.6 is 15.9 Å². The van der Waals surface area contributed by atoms with E-state index in [2.05, 4.69) is 57.3 Å². The average molecular weight is 286 g/mol. The maximum atomic E-state index is 4.52. The first-order chi connectivity index (χ1) is 8.33. The van der Waals surface area contributed by atoms with E-state index in [4.69, 9.17) is 0 Å². The molecule has 1 nitrogen and oxygen atoms in total. The third-order valence-corrected chi connectivity index (χ3v) is 3.48. The lowest BCUT2D eigenvalue weighted by Gasteiger charge is -2.01. The molecule has 0 radical (unpaired) electrons. The van der Waals surface area contributed by atoms with E-state index in [1.54, 1.807) is 0 Å². The minimum atomic E-state index is 1.07. The van der Waals surface area contributed by atoms with Gasteiger partial charge in [-0.2, -0.15) is 0 Å². The van der Waals surface area contributed by atoms with Crippen LogP contribution in [-0.2, 0) is 6.42 Å². The second kappa shape index (κ2) is 4.46. The quantitative estimate of drug-likeness (QED) is 0.760. The highest BCUT2D eigenvalue weighted by Gasteiger charge is 2.17. The summed E-state index contributed by atoms with van der Waals surface area (Å²) < 4.78 is 1.07. The molecular formula is C15H12BrN. The maximum Gasteiger partial charge on any atom is 0.0694 e. The summed E-state index contributed by atoms with van der Waals surface area (Å²) in [6.45, 7) is 0. The van der Waals surface area contributed by atoms with Crippen LogP contribution in [0.3, 0.4) is 0 Å². The molecule has 3 rings (SSSR count). The molecule has 1 aliphatic rings. The molecule has 1 aliphatic carbocycles. The molecule has 0 bridgehead atoms.